The van der Waals surface area contributed by atoms with E-state index >= 15 is 0 Å². The number of ether oxygens (including phenoxy) is 2. The van der Waals surface area contributed by atoms with Crippen molar-refractivity contribution in [1.82, 2.24) is 0 Å². The molecule has 14 heteroatoms. The Hall–Kier alpha value is -5.26. The zero-order valence-electron chi connectivity index (χ0n) is 15.9. The van der Waals surface area contributed by atoms with E-state index < -0.39 is 63.3 Å². The summed E-state index contributed by atoms with van der Waals surface area (Å²) in [6.45, 7) is 0. The summed E-state index contributed by atoms with van der Waals surface area (Å²) < 4.78 is 85.2. The predicted octanol–water partition coefficient (Wildman–Crippen LogP) is 4.27. The van der Waals surface area contributed by atoms with Crippen molar-refractivity contribution in [3.8, 4) is 53.1 Å². The number of rotatable bonds is 2. The molecule has 0 saturated heterocycles. The normalized spacial score (nSPS) is 11.6. The van der Waals surface area contributed by atoms with Crippen LogP contribution in [0.3, 0.4) is 0 Å². The number of aliphatic imine (C=N–C) groups is 1. The molecule has 0 spiro atoms. The Morgan fingerprint density at radius 2 is 1.03 bits per heavy atom. The molecule has 0 saturated carbocycles. The Morgan fingerprint density at radius 3 is 1.29 bits per heavy atom. The van der Waals surface area contributed by atoms with Crippen molar-refractivity contribution in [3.63, 3.8) is 0 Å². The van der Waals surface area contributed by atoms with E-state index in [1.807, 2.05) is 0 Å². The van der Waals surface area contributed by atoms with Gasteiger partial charge in [0, 0.05) is 11.1 Å². The van der Waals surface area contributed by atoms with Gasteiger partial charge in [-0.15, -0.1) is 26.3 Å². The number of alkyl halides is 6. The third-order valence-corrected chi connectivity index (χ3v) is 4.39. The molecule has 1 aliphatic carbocycles. The second-order valence-electron chi connectivity index (χ2n) is 6.20. The molecule has 0 bridgehead atoms. The predicted molar refractivity (Wildman–Crippen MR) is 95.4 cm³/mol. The molecule has 0 N–H and O–H groups in total. The van der Waals surface area contributed by atoms with Crippen LogP contribution in [0.5, 0.6) is 11.5 Å². The van der Waals surface area contributed by atoms with Crippen LogP contribution < -0.4 is 9.47 Å². The Kier molecular flexibility index (Phi) is 5.52. The van der Waals surface area contributed by atoms with Crippen molar-refractivity contribution in [3.05, 3.63) is 45.5 Å². The van der Waals surface area contributed by atoms with Gasteiger partial charge in [-0.25, -0.2) is 0 Å². The third kappa shape index (κ3) is 3.86. The van der Waals surface area contributed by atoms with E-state index in [9.17, 15) is 47.4 Å². The molecule has 0 radical (unpaired) electrons. The molecule has 34 heavy (non-hydrogen) atoms. The van der Waals surface area contributed by atoms with Gasteiger partial charge in [-0.05, 0) is 23.3 Å². The lowest BCUT2D eigenvalue weighted by Crippen LogP contribution is -2.20. The fraction of sp³-hybridized carbons (Fsp3) is 0.100. The van der Waals surface area contributed by atoms with E-state index in [0.717, 1.165) is 12.1 Å². The van der Waals surface area contributed by atoms with Gasteiger partial charge in [-0.3, -0.25) is 0 Å². The van der Waals surface area contributed by atoms with Crippen LogP contribution in [0.1, 0.15) is 33.4 Å². The molecule has 0 aromatic heterocycles. The highest BCUT2D eigenvalue weighted by Gasteiger charge is 2.41. The maximum atomic E-state index is 12.9. The number of fused-ring (bicyclic) bond motifs is 3. The van der Waals surface area contributed by atoms with Gasteiger partial charge in [0.15, 0.2) is 11.5 Å². The molecule has 2 aromatic carbocycles. The quantitative estimate of drug-likeness (QED) is 0.399. The van der Waals surface area contributed by atoms with Crippen LogP contribution in [0.2, 0.25) is 0 Å². The smallest absolute Gasteiger partial charge is 0.403 e. The highest BCUT2D eigenvalue weighted by atomic mass is 19.4. The fourth-order valence-electron chi connectivity index (χ4n) is 3.36. The fourth-order valence-corrected chi connectivity index (χ4v) is 3.36. The molecule has 0 atom stereocenters. The summed E-state index contributed by atoms with van der Waals surface area (Å²) in [7, 11) is 0. The van der Waals surface area contributed by atoms with E-state index in [1.165, 1.54) is 30.5 Å². The van der Waals surface area contributed by atoms with E-state index in [1.54, 1.807) is 0 Å². The van der Waals surface area contributed by atoms with Crippen molar-refractivity contribution in [2.75, 3.05) is 0 Å². The first kappa shape index (κ1) is 23.4. The van der Waals surface area contributed by atoms with E-state index in [0.29, 0.717) is 0 Å². The van der Waals surface area contributed by atoms with Crippen molar-refractivity contribution < 1.29 is 35.8 Å². The minimum Gasteiger partial charge on any atom is -0.403 e. The Bertz CT molecular complexity index is 1380. The molecule has 0 heterocycles. The molecule has 166 valence electrons. The molecule has 0 fully saturated rings. The van der Waals surface area contributed by atoms with Gasteiger partial charge in [-0.1, -0.05) is 0 Å². The van der Waals surface area contributed by atoms with Gasteiger partial charge < -0.3 is 9.47 Å². The minimum absolute atomic E-state index is 0.238. The standard InChI is InChI=1S/C20H2F6N6O2/c21-19(22,23)33-17-8(3-27)1-10-11-2-9(4-28)18(34-20(24,25)26)13(6-30)15(11)16(32-7-31)14(10)12(17)5-29/h1-2H. The van der Waals surface area contributed by atoms with Gasteiger partial charge in [0.1, 0.15) is 35.4 Å². The first-order chi connectivity index (χ1) is 15.9. The summed E-state index contributed by atoms with van der Waals surface area (Å²) in [4.78, 5) is 3.39. The van der Waals surface area contributed by atoms with Crippen LogP contribution in [-0.4, -0.2) is 18.4 Å². The monoisotopic (exact) mass is 472 g/mol. The summed E-state index contributed by atoms with van der Waals surface area (Å²) in [5, 5.41) is 46.9. The molecule has 8 nitrogen and oxygen atoms in total. The third-order valence-electron chi connectivity index (χ3n) is 4.39. The van der Waals surface area contributed by atoms with Crippen LogP contribution in [0, 0.1) is 56.8 Å². The summed E-state index contributed by atoms with van der Waals surface area (Å²) >= 11 is 0. The molecular formula is C20H2F6N6O2. The summed E-state index contributed by atoms with van der Waals surface area (Å²) in [5.41, 5.74) is -5.56. The minimum atomic E-state index is -5.34. The lowest BCUT2D eigenvalue weighted by Gasteiger charge is -2.14. The van der Waals surface area contributed by atoms with Crippen LogP contribution in [0.15, 0.2) is 17.1 Å². The number of halogens is 6. The number of hydrogen-bond donors (Lipinski definition) is 0. The zero-order valence-corrected chi connectivity index (χ0v) is 15.9. The van der Waals surface area contributed by atoms with E-state index in [-0.39, 0.29) is 11.1 Å². The second-order valence-corrected chi connectivity index (χ2v) is 6.20. The molecular weight excluding hydrogens is 470 g/mol. The van der Waals surface area contributed by atoms with Crippen LogP contribution in [0.25, 0.3) is 11.1 Å². The number of benzene rings is 2. The Balaban J connectivity index is 2.54. The van der Waals surface area contributed by atoms with E-state index in [2.05, 4.69) is 14.5 Å². The van der Waals surface area contributed by atoms with Gasteiger partial charge in [0.25, 0.3) is 0 Å². The largest absolute Gasteiger partial charge is 0.573 e. The maximum absolute atomic E-state index is 12.9. The molecule has 1 aliphatic rings. The Morgan fingerprint density at radius 1 is 0.647 bits per heavy atom. The average Bonchev–Trinajstić information content (AvgIpc) is 3.03. The highest BCUT2D eigenvalue weighted by Crippen LogP contribution is 2.48. The maximum Gasteiger partial charge on any atom is 0.573 e. The SMILES string of the molecule is N#CN=C1c2c(cc(C#N)c(OC(F)(F)F)c2C#N)-c2cc(C#N)c(OC(F)(F)F)c(C#N)c21. The first-order valence-corrected chi connectivity index (χ1v) is 8.42. The topological polar surface area (TPSA) is 150 Å². The van der Waals surface area contributed by atoms with Crippen LogP contribution >= 0.6 is 0 Å². The lowest BCUT2D eigenvalue weighted by molar-refractivity contribution is -0.275. The van der Waals surface area contributed by atoms with Crippen molar-refractivity contribution in [2.24, 2.45) is 4.99 Å². The average molecular weight is 472 g/mol. The highest BCUT2D eigenvalue weighted by molar-refractivity contribution is 6.28. The molecule has 2 aromatic rings. The van der Waals surface area contributed by atoms with Crippen LogP contribution in [-0.2, 0) is 0 Å². The van der Waals surface area contributed by atoms with Gasteiger partial charge in [0.05, 0.1) is 16.8 Å². The van der Waals surface area contributed by atoms with E-state index in [4.69, 9.17) is 5.26 Å². The van der Waals surface area contributed by atoms with Crippen molar-refractivity contribution >= 4 is 5.71 Å². The van der Waals surface area contributed by atoms with Crippen molar-refractivity contribution in [2.45, 2.75) is 12.7 Å². The summed E-state index contributed by atoms with van der Waals surface area (Å²) in [6.07, 6.45) is -9.39. The zero-order chi connectivity index (χ0) is 25.4. The summed E-state index contributed by atoms with van der Waals surface area (Å²) in [5.74, 6) is -2.47. The second kappa shape index (κ2) is 8.02. The van der Waals surface area contributed by atoms with Gasteiger partial charge >= 0.3 is 12.7 Å². The Labute approximate surface area is 184 Å². The van der Waals surface area contributed by atoms with Crippen molar-refractivity contribution in [1.29, 1.82) is 26.3 Å². The molecule has 0 unspecified atom stereocenters. The number of nitriles is 5. The molecule has 0 amide bonds. The first-order valence-electron chi connectivity index (χ1n) is 8.42. The van der Waals surface area contributed by atoms with Gasteiger partial charge in [-0.2, -0.15) is 31.3 Å². The van der Waals surface area contributed by atoms with Gasteiger partial charge in [0.2, 0.25) is 6.19 Å². The molecule has 0 aliphatic heterocycles. The number of nitrogens with zero attached hydrogens (tertiary/aromatic N) is 6. The molecule has 3 rings (SSSR count). The lowest BCUT2D eigenvalue weighted by atomic mass is 9.96. The van der Waals surface area contributed by atoms with Crippen LogP contribution in [0.4, 0.5) is 26.3 Å². The summed E-state index contributed by atoms with van der Waals surface area (Å²) in [6, 6.07) is 7.27. The number of hydrogen-bond acceptors (Lipinski definition) is 8.